The van der Waals surface area contributed by atoms with Crippen molar-refractivity contribution in [1.82, 2.24) is 9.78 Å². The Morgan fingerprint density at radius 3 is 2.68 bits per heavy atom. The van der Waals surface area contributed by atoms with E-state index in [1.807, 2.05) is 23.0 Å². The number of aliphatic hydroxyl groups excluding tert-OH is 1. The van der Waals surface area contributed by atoms with Gasteiger partial charge in [0.2, 0.25) is 0 Å². The molecule has 34 heavy (non-hydrogen) atoms. The van der Waals surface area contributed by atoms with Crippen LogP contribution in [-0.2, 0) is 0 Å². The van der Waals surface area contributed by atoms with E-state index < -0.39 is 5.91 Å². The summed E-state index contributed by atoms with van der Waals surface area (Å²) in [6, 6.07) is 9.16. The predicted octanol–water partition coefficient (Wildman–Crippen LogP) is 4.06. The van der Waals surface area contributed by atoms with Crippen molar-refractivity contribution in [1.29, 1.82) is 0 Å². The van der Waals surface area contributed by atoms with Gasteiger partial charge in [0.25, 0.3) is 5.69 Å². The fraction of sp³-hybridized carbons (Fsp3) is 0.500. The lowest BCUT2D eigenvalue weighted by atomic mass is 9.93. The molecule has 0 saturated heterocycles. The maximum Gasteiger partial charge on any atom is 0.321 e. The molecule has 0 atom stereocenters. The van der Waals surface area contributed by atoms with Gasteiger partial charge in [0.05, 0.1) is 30.0 Å². The molecule has 0 aliphatic heterocycles. The summed E-state index contributed by atoms with van der Waals surface area (Å²) in [6.07, 6.45) is 9.45. The zero-order chi connectivity index (χ0) is 23.2. The third-order valence-corrected chi connectivity index (χ3v) is 7.29. The maximum absolute atomic E-state index is 13.1. The molecule has 2 N–H and O–H groups in total. The highest BCUT2D eigenvalue weighted by Crippen LogP contribution is 2.38. The Morgan fingerprint density at radius 1 is 1.15 bits per heavy atom. The first-order chi connectivity index (χ1) is 16.5. The molecule has 1 aromatic carbocycles. The van der Waals surface area contributed by atoms with Crippen LogP contribution in [0.2, 0.25) is 0 Å². The Bertz CT molecular complexity index is 1220. The zero-order valence-electron chi connectivity index (χ0n) is 19.2. The van der Waals surface area contributed by atoms with Crippen molar-refractivity contribution in [3.05, 3.63) is 53.1 Å². The Morgan fingerprint density at radius 2 is 1.94 bits per heavy atom. The first-order valence-electron chi connectivity index (χ1n) is 12.4. The van der Waals surface area contributed by atoms with Gasteiger partial charge < -0.3 is 20.4 Å². The van der Waals surface area contributed by atoms with Crippen LogP contribution in [0.3, 0.4) is 0 Å². The fourth-order valence-electron chi connectivity index (χ4n) is 4.84. The van der Waals surface area contributed by atoms with Crippen LogP contribution in [0.15, 0.2) is 36.5 Å². The average Bonchev–Trinajstić information content (AvgIpc) is 3.76. The number of anilines is 1. The number of aliphatic hydroxyl groups is 1. The van der Waals surface area contributed by atoms with E-state index in [1.54, 1.807) is 18.2 Å². The number of nitrogens with zero attached hydrogens (tertiary/aromatic N) is 3. The molecule has 8 heteroatoms. The molecule has 6 rings (SSSR count). The van der Waals surface area contributed by atoms with E-state index in [9.17, 15) is 15.1 Å². The monoisotopic (exact) mass is 462 g/mol. The number of fused-ring (bicyclic) bond motifs is 1. The Labute approximate surface area is 198 Å². The zero-order valence-corrected chi connectivity index (χ0v) is 19.2. The smallest absolute Gasteiger partial charge is 0.321 e. The first kappa shape index (κ1) is 21.4. The van der Waals surface area contributed by atoms with E-state index >= 15 is 0 Å². The van der Waals surface area contributed by atoms with E-state index in [0.717, 1.165) is 67.0 Å². The Balaban J connectivity index is 1.30. The minimum atomic E-state index is -0.443. The summed E-state index contributed by atoms with van der Waals surface area (Å²) in [7, 11) is 0. The fourth-order valence-corrected chi connectivity index (χ4v) is 4.84. The molecule has 0 radical (unpaired) electrons. The standard InChI is InChI=1S/C26H30N4O4/c31-20-10-8-19(9-11-20)29-14-18-12-22(25(13-21(18)28-29)34-15-16-4-5-16)27-26(32)24-3-1-2-23(30(24)33)17-6-7-17/h1-3,12-14,16-17,19-20,31H,4-11,15H2,(H,27,32). The number of carbonyl (C=O) groups excluding carboxylic acids is 1. The van der Waals surface area contributed by atoms with Gasteiger partial charge in [0.15, 0.2) is 5.69 Å². The van der Waals surface area contributed by atoms with Gasteiger partial charge in [-0.1, -0.05) is 0 Å². The quantitative estimate of drug-likeness (QED) is 0.407. The number of hydrogen-bond acceptors (Lipinski definition) is 5. The molecule has 0 spiro atoms. The predicted molar refractivity (Wildman–Crippen MR) is 127 cm³/mol. The molecule has 3 saturated carbocycles. The number of hydrogen-bond donors (Lipinski definition) is 2. The molecular weight excluding hydrogens is 432 g/mol. The second kappa shape index (κ2) is 8.58. The van der Waals surface area contributed by atoms with Crippen LogP contribution >= 0.6 is 0 Å². The molecule has 1 amide bonds. The molecule has 3 fully saturated rings. The highest BCUT2D eigenvalue weighted by molar-refractivity contribution is 6.04. The summed E-state index contributed by atoms with van der Waals surface area (Å²) in [5.41, 5.74) is 2.11. The molecule has 178 valence electrons. The van der Waals surface area contributed by atoms with E-state index in [1.165, 1.54) is 0 Å². The number of rotatable bonds is 7. The summed E-state index contributed by atoms with van der Waals surface area (Å²) < 4.78 is 8.85. The van der Waals surface area contributed by atoms with Gasteiger partial charge in [-0.25, -0.2) is 0 Å². The number of carbonyl (C=O) groups is 1. The molecule has 0 bridgehead atoms. The minimum absolute atomic E-state index is 0.0918. The molecule has 3 aliphatic carbocycles. The number of benzene rings is 1. The van der Waals surface area contributed by atoms with Crippen LogP contribution in [0.4, 0.5) is 5.69 Å². The topological polar surface area (TPSA) is 103 Å². The number of amides is 1. The lowest BCUT2D eigenvalue weighted by Gasteiger charge is -2.25. The van der Waals surface area contributed by atoms with Crippen molar-refractivity contribution in [2.45, 2.75) is 69.4 Å². The molecule has 3 aliphatic rings. The number of aromatic nitrogens is 3. The van der Waals surface area contributed by atoms with Crippen molar-refractivity contribution < 1.29 is 19.4 Å². The number of ether oxygens (including phenoxy) is 1. The molecule has 3 aromatic rings. The van der Waals surface area contributed by atoms with Crippen LogP contribution in [0.25, 0.3) is 10.9 Å². The van der Waals surface area contributed by atoms with Crippen LogP contribution in [0, 0.1) is 11.1 Å². The van der Waals surface area contributed by atoms with Crippen molar-refractivity contribution in [3.8, 4) is 5.75 Å². The molecule has 2 aromatic heterocycles. The van der Waals surface area contributed by atoms with Crippen LogP contribution in [0.5, 0.6) is 5.75 Å². The van der Waals surface area contributed by atoms with E-state index in [-0.39, 0.29) is 23.8 Å². The summed E-state index contributed by atoms with van der Waals surface area (Å²) >= 11 is 0. The van der Waals surface area contributed by atoms with Crippen LogP contribution < -0.4 is 14.8 Å². The normalized spacial score (nSPS) is 22.6. The van der Waals surface area contributed by atoms with Gasteiger partial charge in [0, 0.05) is 35.7 Å². The average molecular weight is 463 g/mol. The lowest BCUT2D eigenvalue weighted by Crippen LogP contribution is -2.40. The van der Waals surface area contributed by atoms with Crippen molar-refractivity contribution in [2.75, 3.05) is 11.9 Å². The van der Waals surface area contributed by atoms with Gasteiger partial charge in [-0.2, -0.15) is 9.83 Å². The van der Waals surface area contributed by atoms with E-state index in [4.69, 9.17) is 9.84 Å². The molecular formula is C26H30N4O4. The number of nitrogens with one attached hydrogen (secondary N) is 1. The molecule has 0 unspecified atom stereocenters. The van der Waals surface area contributed by atoms with Gasteiger partial charge in [-0.15, -0.1) is 0 Å². The second-order valence-corrected chi connectivity index (χ2v) is 10.1. The van der Waals surface area contributed by atoms with Crippen LogP contribution in [-0.4, -0.2) is 33.5 Å². The van der Waals surface area contributed by atoms with Gasteiger partial charge in [-0.05, 0) is 69.4 Å². The maximum atomic E-state index is 13.1. The van der Waals surface area contributed by atoms with Crippen LogP contribution in [0.1, 0.15) is 79.5 Å². The summed E-state index contributed by atoms with van der Waals surface area (Å²) in [4.78, 5) is 13.1. The van der Waals surface area contributed by atoms with Crippen molar-refractivity contribution >= 4 is 22.5 Å². The Hall–Kier alpha value is -3.13. The largest absolute Gasteiger partial charge is 0.618 e. The third kappa shape index (κ3) is 4.34. The van der Waals surface area contributed by atoms with Gasteiger partial charge in [0.1, 0.15) is 5.75 Å². The van der Waals surface area contributed by atoms with E-state index in [0.29, 0.717) is 29.7 Å². The summed E-state index contributed by atoms with van der Waals surface area (Å²) in [5.74, 6) is 0.949. The highest BCUT2D eigenvalue weighted by atomic mass is 16.5. The highest BCUT2D eigenvalue weighted by Gasteiger charge is 2.33. The molecule has 2 heterocycles. The summed E-state index contributed by atoms with van der Waals surface area (Å²) in [5, 5.41) is 31.2. The SMILES string of the molecule is O=C(Nc1cc2cn(C3CCC(O)CC3)nc2cc1OCC1CC1)c1cccc(C2CC2)[n+]1[O-]. The van der Waals surface area contributed by atoms with Gasteiger partial charge >= 0.3 is 5.91 Å². The summed E-state index contributed by atoms with van der Waals surface area (Å²) in [6.45, 7) is 0.605. The lowest BCUT2D eigenvalue weighted by molar-refractivity contribution is -0.616. The third-order valence-electron chi connectivity index (χ3n) is 7.29. The van der Waals surface area contributed by atoms with E-state index in [2.05, 4.69) is 5.32 Å². The van der Waals surface area contributed by atoms with Gasteiger partial charge in [-0.3, -0.25) is 9.48 Å². The van der Waals surface area contributed by atoms with Crippen molar-refractivity contribution in [3.63, 3.8) is 0 Å². The number of pyridine rings is 1. The molecule has 8 nitrogen and oxygen atoms in total. The second-order valence-electron chi connectivity index (χ2n) is 10.1. The first-order valence-corrected chi connectivity index (χ1v) is 12.4. The van der Waals surface area contributed by atoms with Crippen molar-refractivity contribution in [2.24, 2.45) is 5.92 Å². The Kier molecular flexibility index (Phi) is 5.40. The minimum Gasteiger partial charge on any atom is -0.618 e.